The average Bonchev–Trinajstić information content (AvgIpc) is 2.97. The molecule has 133 valence electrons. The number of nitrogens with one attached hydrogen (secondary N) is 1. The van der Waals surface area contributed by atoms with E-state index in [2.05, 4.69) is 5.32 Å². The Morgan fingerprint density at radius 2 is 2.12 bits per heavy atom. The zero-order valence-electron chi connectivity index (χ0n) is 13.8. The highest BCUT2D eigenvalue weighted by Crippen LogP contribution is 2.35. The maximum atomic E-state index is 12.6. The zero-order valence-corrected chi connectivity index (χ0v) is 14.6. The van der Waals surface area contributed by atoms with Gasteiger partial charge in [-0.25, -0.2) is 0 Å². The molecular formula is C18H21N2O4S. The summed E-state index contributed by atoms with van der Waals surface area (Å²) in [6.45, 7) is 0.198. The summed E-state index contributed by atoms with van der Waals surface area (Å²) in [6.07, 6.45) is 1.33. The topological polar surface area (TPSA) is 98.5 Å². The molecule has 1 radical (unpaired) electrons. The maximum Gasteiger partial charge on any atom is 0.248 e. The maximum absolute atomic E-state index is 12.6. The Labute approximate surface area is 150 Å². The van der Waals surface area contributed by atoms with E-state index in [0.29, 0.717) is 18.7 Å². The molecule has 2 saturated heterocycles. The van der Waals surface area contributed by atoms with Crippen molar-refractivity contribution in [2.75, 3.05) is 18.9 Å². The number of ketones is 2. The van der Waals surface area contributed by atoms with Crippen LogP contribution in [0.25, 0.3) is 0 Å². The Hall–Kier alpha value is -1.70. The predicted octanol–water partition coefficient (Wildman–Crippen LogP) is 0.495. The fraction of sp³-hybridized carbons (Fsp3) is 0.444. The SMILES string of the molecule is NC(=O)C12NCCC(C(=O)[CH]CSCc3ccccc3)C1OCC2=O. The number of hydrogen-bond donors (Lipinski definition) is 2. The molecule has 3 atom stereocenters. The molecule has 2 fully saturated rings. The van der Waals surface area contributed by atoms with Crippen molar-refractivity contribution in [2.45, 2.75) is 23.8 Å². The summed E-state index contributed by atoms with van der Waals surface area (Å²) >= 11 is 1.64. The number of Topliss-reactive ketones (excluding diaryl/α,β-unsaturated/α-hetero) is 2. The summed E-state index contributed by atoms with van der Waals surface area (Å²) < 4.78 is 5.48. The fourth-order valence-corrected chi connectivity index (χ4v) is 4.28. The molecule has 0 spiro atoms. The van der Waals surface area contributed by atoms with Crippen molar-refractivity contribution in [1.82, 2.24) is 5.32 Å². The molecule has 0 aromatic heterocycles. The van der Waals surface area contributed by atoms with Crippen LogP contribution in [0.5, 0.6) is 0 Å². The largest absolute Gasteiger partial charge is 0.368 e. The van der Waals surface area contributed by atoms with E-state index in [1.165, 1.54) is 5.56 Å². The van der Waals surface area contributed by atoms with Crippen LogP contribution in [0.15, 0.2) is 30.3 Å². The highest BCUT2D eigenvalue weighted by Gasteiger charge is 2.61. The Morgan fingerprint density at radius 3 is 2.84 bits per heavy atom. The van der Waals surface area contributed by atoms with Crippen molar-refractivity contribution in [3.63, 3.8) is 0 Å². The lowest BCUT2D eigenvalue weighted by Crippen LogP contribution is -2.70. The second-order valence-corrected chi connectivity index (χ2v) is 7.29. The smallest absolute Gasteiger partial charge is 0.248 e. The van der Waals surface area contributed by atoms with Gasteiger partial charge in [-0.15, -0.1) is 0 Å². The molecule has 2 heterocycles. The number of carbonyl (C=O) groups excluding carboxylic acids is 3. The second kappa shape index (κ2) is 7.68. The Kier molecular flexibility index (Phi) is 5.56. The lowest BCUT2D eigenvalue weighted by atomic mass is 9.75. The minimum atomic E-state index is -1.55. The average molecular weight is 361 g/mol. The van der Waals surface area contributed by atoms with Gasteiger partial charge < -0.3 is 10.5 Å². The number of fused-ring (bicyclic) bond motifs is 1. The van der Waals surface area contributed by atoms with E-state index in [-0.39, 0.29) is 18.2 Å². The van der Waals surface area contributed by atoms with Gasteiger partial charge in [-0.2, -0.15) is 11.8 Å². The molecule has 3 rings (SSSR count). The summed E-state index contributed by atoms with van der Waals surface area (Å²) in [5.74, 6) is -0.371. The number of hydrogen-bond acceptors (Lipinski definition) is 6. The number of thioether (sulfide) groups is 1. The zero-order chi connectivity index (χ0) is 17.9. The first-order valence-electron chi connectivity index (χ1n) is 8.24. The third-order valence-corrected chi connectivity index (χ3v) is 5.69. The Bertz CT molecular complexity index is 666. The number of amides is 1. The Balaban J connectivity index is 1.57. The molecule has 25 heavy (non-hydrogen) atoms. The first kappa shape index (κ1) is 18.1. The van der Waals surface area contributed by atoms with Crippen LogP contribution in [-0.4, -0.2) is 48.0 Å². The Morgan fingerprint density at radius 1 is 1.36 bits per heavy atom. The highest BCUT2D eigenvalue weighted by molar-refractivity contribution is 7.98. The number of piperidine rings is 1. The van der Waals surface area contributed by atoms with Gasteiger partial charge >= 0.3 is 0 Å². The van der Waals surface area contributed by atoms with Crippen LogP contribution in [0.4, 0.5) is 0 Å². The standard InChI is InChI=1S/C18H21N2O4S/c19-17(23)18-15(22)10-24-16(18)13(6-8-20-18)14(21)7-9-25-11-12-4-2-1-3-5-12/h1-5,7,13,16,20H,6,8-11H2,(H2,19,23). The molecule has 1 aromatic rings. The highest BCUT2D eigenvalue weighted by atomic mass is 32.2. The number of nitrogens with two attached hydrogens (primary N) is 1. The molecule has 0 aliphatic carbocycles. The van der Waals surface area contributed by atoms with Crippen molar-refractivity contribution in [3.05, 3.63) is 42.3 Å². The van der Waals surface area contributed by atoms with Crippen molar-refractivity contribution in [3.8, 4) is 0 Å². The molecule has 2 aliphatic rings. The van der Waals surface area contributed by atoms with Gasteiger partial charge in [0, 0.05) is 23.8 Å². The van der Waals surface area contributed by atoms with E-state index in [9.17, 15) is 14.4 Å². The number of rotatable bonds is 7. The van der Waals surface area contributed by atoms with E-state index >= 15 is 0 Å². The third kappa shape index (κ3) is 3.49. The second-order valence-electron chi connectivity index (χ2n) is 6.26. The van der Waals surface area contributed by atoms with E-state index in [1.807, 2.05) is 30.3 Å². The van der Waals surface area contributed by atoms with Crippen LogP contribution in [0.2, 0.25) is 0 Å². The van der Waals surface area contributed by atoms with Crippen LogP contribution >= 0.6 is 11.8 Å². The molecule has 1 aromatic carbocycles. The van der Waals surface area contributed by atoms with Gasteiger partial charge in [0.1, 0.15) is 18.5 Å². The van der Waals surface area contributed by atoms with E-state index in [4.69, 9.17) is 10.5 Å². The normalized spacial score (nSPS) is 28.6. The summed E-state index contributed by atoms with van der Waals surface area (Å²) in [5.41, 5.74) is 5.10. The van der Waals surface area contributed by atoms with Crippen LogP contribution in [-0.2, 0) is 24.9 Å². The first-order valence-corrected chi connectivity index (χ1v) is 9.39. The summed E-state index contributed by atoms with van der Waals surface area (Å²) in [5, 5.41) is 2.90. The molecule has 7 heteroatoms. The van der Waals surface area contributed by atoms with Gasteiger partial charge in [-0.1, -0.05) is 30.3 Å². The van der Waals surface area contributed by atoms with Crippen LogP contribution in [0, 0.1) is 12.3 Å². The van der Waals surface area contributed by atoms with Gasteiger partial charge in [0.2, 0.25) is 5.91 Å². The number of ether oxygens (including phenoxy) is 1. The van der Waals surface area contributed by atoms with Gasteiger partial charge in [0.15, 0.2) is 11.3 Å². The molecule has 3 unspecified atom stereocenters. The van der Waals surface area contributed by atoms with E-state index in [0.717, 1.165) is 5.75 Å². The molecule has 0 saturated carbocycles. The van der Waals surface area contributed by atoms with E-state index < -0.39 is 23.5 Å². The minimum Gasteiger partial charge on any atom is -0.368 e. The molecule has 1 amide bonds. The summed E-state index contributed by atoms with van der Waals surface area (Å²) in [6, 6.07) is 10.0. The van der Waals surface area contributed by atoms with Gasteiger partial charge in [0.05, 0.1) is 0 Å². The van der Waals surface area contributed by atoms with Gasteiger partial charge in [-0.3, -0.25) is 19.7 Å². The molecule has 3 N–H and O–H groups in total. The third-order valence-electron chi connectivity index (χ3n) is 4.75. The van der Waals surface area contributed by atoms with Gasteiger partial charge in [0.25, 0.3) is 0 Å². The molecule has 0 bridgehead atoms. The van der Waals surface area contributed by atoms with E-state index in [1.54, 1.807) is 18.2 Å². The quantitative estimate of drug-likeness (QED) is 0.542. The molecule has 2 aliphatic heterocycles. The van der Waals surface area contributed by atoms with Gasteiger partial charge in [-0.05, 0) is 18.5 Å². The number of primary amides is 1. The summed E-state index contributed by atoms with van der Waals surface area (Å²) in [7, 11) is 0. The van der Waals surface area contributed by atoms with Crippen molar-refractivity contribution >= 4 is 29.2 Å². The minimum absolute atomic E-state index is 0.0904. The molecular weight excluding hydrogens is 340 g/mol. The van der Waals surface area contributed by atoms with Crippen molar-refractivity contribution in [2.24, 2.45) is 11.7 Å². The van der Waals surface area contributed by atoms with Crippen LogP contribution in [0.1, 0.15) is 12.0 Å². The number of benzene rings is 1. The fourth-order valence-electron chi connectivity index (χ4n) is 3.46. The lowest BCUT2D eigenvalue weighted by Gasteiger charge is -2.39. The molecule has 6 nitrogen and oxygen atoms in total. The van der Waals surface area contributed by atoms with Crippen molar-refractivity contribution < 1.29 is 19.1 Å². The van der Waals surface area contributed by atoms with Crippen LogP contribution in [0.3, 0.4) is 0 Å². The monoisotopic (exact) mass is 361 g/mol. The number of carbonyl (C=O) groups is 3. The van der Waals surface area contributed by atoms with Crippen LogP contribution < -0.4 is 11.1 Å². The predicted molar refractivity (Wildman–Crippen MR) is 94.7 cm³/mol. The first-order chi connectivity index (χ1) is 12.1. The van der Waals surface area contributed by atoms with Crippen molar-refractivity contribution in [1.29, 1.82) is 0 Å². The lowest BCUT2D eigenvalue weighted by molar-refractivity contribution is -0.139. The summed E-state index contributed by atoms with van der Waals surface area (Å²) in [4.78, 5) is 36.6.